The molecule has 0 aliphatic rings. The minimum Gasteiger partial charge on any atom is -0.434 e. The first-order valence-electron chi connectivity index (χ1n) is 7.44. The zero-order chi connectivity index (χ0) is 17.9. The van der Waals surface area contributed by atoms with E-state index in [2.05, 4.69) is 20.8 Å². The van der Waals surface area contributed by atoms with Gasteiger partial charge in [0.25, 0.3) is 0 Å². The first-order chi connectivity index (χ1) is 11.2. The molecule has 0 unspecified atom stereocenters. The number of rotatable bonds is 5. The van der Waals surface area contributed by atoms with Crippen LogP contribution in [-0.2, 0) is 0 Å². The van der Waals surface area contributed by atoms with Crippen LogP contribution in [0.4, 0.5) is 11.5 Å². The number of hydrogen-bond donors (Lipinski definition) is 2. The number of nitrogens with zero attached hydrogens (tertiary/aromatic N) is 3. The SMILES string of the molecule is Cc1cc(C)cc(Oc2ncnc(NNC(C)(C)C)c2[N+](=O)[O-])c1. The molecule has 0 saturated carbocycles. The summed E-state index contributed by atoms with van der Waals surface area (Å²) in [5.41, 5.74) is 7.07. The number of nitro groups is 1. The van der Waals surface area contributed by atoms with Gasteiger partial charge in [-0.15, -0.1) is 0 Å². The van der Waals surface area contributed by atoms with Crippen molar-refractivity contribution in [2.45, 2.75) is 40.2 Å². The molecular formula is C16H21N5O3. The second-order valence-corrected chi connectivity index (χ2v) is 6.56. The summed E-state index contributed by atoms with van der Waals surface area (Å²) in [5.74, 6) is 0.423. The highest BCUT2D eigenvalue weighted by molar-refractivity contribution is 5.61. The molecule has 128 valence electrons. The van der Waals surface area contributed by atoms with E-state index in [4.69, 9.17) is 4.74 Å². The minimum absolute atomic E-state index is 0.0456. The van der Waals surface area contributed by atoms with Crippen LogP contribution >= 0.6 is 0 Å². The van der Waals surface area contributed by atoms with Gasteiger partial charge in [0.15, 0.2) is 0 Å². The first kappa shape index (κ1) is 17.6. The minimum atomic E-state index is -0.565. The molecule has 0 spiro atoms. The number of benzene rings is 1. The number of aromatic nitrogens is 2. The van der Waals surface area contributed by atoms with Gasteiger partial charge >= 0.3 is 11.6 Å². The lowest BCUT2D eigenvalue weighted by Gasteiger charge is -2.21. The van der Waals surface area contributed by atoms with Crippen LogP contribution in [0.5, 0.6) is 11.6 Å². The highest BCUT2D eigenvalue weighted by Gasteiger charge is 2.26. The van der Waals surface area contributed by atoms with Gasteiger partial charge < -0.3 is 4.74 Å². The highest BCUT2D eigenvalue weighted by atomic mass is 16.6. The molecule has 1 heterocycles. The molecule has 0 atom stereocenters. The zero-order valence-corrected chi connectivity index (χ0v) is 14.4. The van der Waals surface area contributed by atoms with Gasteiger partial charge in [0, 0.05) is 5.54 Å². The predicted molar refractivity (Wildman–Crippen MR) is 91.2 cm³/mol. The summed E-state index contributed by atoms with van der Waals surface area (Å²) in [5, 5.41) is 11.5. The van der Waals surface area contributed by atoms with Crippen LogP contribution in [0.25, 0.3) is 0 Å². The van der Waals surface area contributed by atoms with E-state index < -0.39 is 4.92 Å². The summed E-state index contributed by atoms with van der Waals surface area (Å²) in [6.45, 7) is 9.60. The summed E-state index contributed by atoms with van der Waals surface area (Å²) in [6, 6.07) is 5.57. The van der Waals surface area contributed by atoms with Crippen molar-refractivity contribution in [1.82, 2.24) is 15.4 Å². The summed E-state index contributed by atoms with van der Waals surface area (Å²) in [7, 11) is 0. The van der Waals surface area contributed by atoms with E-state index in [-0.39, 0.29) is 22.9 Å². The maximum absolute atomic E-state index is 11.5. The molecular weight excluding hydrogens is 310 g/mol. The Bertz CT molecular complexity index is 736. The molecule has 0 aliphatic heterocycles. The van der Waals surface area contributed by atoms with Crippen molar-refractivity contribution in [2.24, 2.45) is 0 Å². The average molecular weight is 331 g/mol. The fourth-order valence-electron chi connectivity index (χ4n) is 2.04. The Balaban J connectivity index is 2.37. The summed E-state index contributed by atoms with van der Waals surface area (Å²) in [4.78, 5) is 18.8. The lowest BCUT2D eigenvalue weighted by molar-refractivity contribution is -0.385. The number of anilines is 1. The third kappa shape index (κ3) is 4.63. The second-order valence-electron chi connectivity index (χ2n) is 6.56. The van der Waals surface area contributed by atoms with Crippen molar-refractivity contribution in [2.75, 3.05) is 5.43 Å². The number of ether oxygens (including phenoxy) is 1. The largest absolute Gasteiger partial charge is 0.434 e. The van der Waals surface area contributed by atoms with Gasteiger partial charge in [-0.05, 0) is 57.9 Å². The number of aryl methyl sites for hydroxylation is 2. The molecule has 0 amide bonds. The van der Waals surface area contributed by atoms with E-state index >= 15 is 0 Å². The number of hydrazine groups is 1. The third-order valence-corrected chi connectivity index (χ3v) is 2.94. The van der Waals surface area contributed by atoms with Crippen LogP contribution in [0.3, 0.4) is 0 Å². The predicted octanol–water partition coefficient (Wildman–Crippen LogP) is 3.51. The Hall–Kier alpha value is -2.74. The molecule has 0 bridgehead atoms. The van der Waals surface area contributed by atoms with Gasteiger partial charge in [-0.25, -0.2) is 10.4 Å². The molecule has 2 N–H and O–H groups in total. The van der Waals surface area contributed by atoms with E-state index in [0.29, 0.717) is 5.75 Å². The molecule has 0 saturated heterocycles. The van der Waals surface area contributed by atoms with Crippen LogP contribution in [0.1, 0.15) is 31.9 Å². The van der Waals surface area contributed by atoms with Gasteiger partial charge in [0.1, 0.15) is 12.1 Å². The van der Waals surface area contributed by atoms with Crippen molar-refractivity contribution in [3.63, 3.8) is 0 Å². The monoisotopic (exact) mass is 331 g/mol. The lowest BCUT2D eigenvalue weighted by Crippen LogP contribution is -2.40. The van der Waals surface area contributed by atoms with Crippen molar-refractivity contribution in [3.05, 3.63) is 45.8 Å². The first-order valence-corrected chi connectivity index (χ1v) is 7.44. The Morgan fingerprint density at radius 3 is 2.29 bits per heavy atom. The van der Waals surface area contributed by atoms with Crippen LogP contribution < -0.4 is 15.6 Å². The molecule has 8 nitrogen and oxygen atoms in total. The summed E-state index contributed by atoms with van der Waals surface area (Å²) < 4.78 is 5.64. The maximum atomic E-state index is 11.5. The molecule has 24 heavy (non-hydrogen) atoms. The molecule has 2 aromatic rings. The molecule has 1 aromatic heterocycles. The van der Waals surface area contributed by atoms with E-state index in [1.165, 1.54) is 6.33 Å². The summed E-state index contributed by atoms with van der Waals surface area (Å²) in [6.07, 6.45) is 1.22. The van der Waals surface area contributed by atoms with Gasteiger partial charge in [0.05, 0.1) is 4.92 Å². The van der Waals surface area contributed by atoms with Gasteiger partial charge in [0.2, 0.25) is 5.82 Å². The number of hydrogen-bond acceptors (Lipinski definition) is 7. The van der Waals surface area contributed by atoms with E-state index in [1.54, 1.807) is 12.1 Å². The zero-order valence-electron chi connectivity index (χ0n) is 14.4. The van der Waals surface area contributed by atoms with E-state index in [0.717, 1.165) is 11.1 Å². The van der Waals surface area contributed by atoms with E-state index in [9.17, 15) is 10.1 Å². The Kier molecular flexibility index (Phi) is 4.99. The Morgan fingerprint density at radius 2 is 1.75 bits per heavy atom. The van der Waals surface area contributed by atoms with Crippen molar-refractivity contribution in [1.29, 1.82) is 0 Å². The fourth-order valence-corrected chi connectivity index (χ4v) is 2.04. The molecule has 0 radical (unpaired) electrons. The molecule has 0 fully saturated rings. The van der Waals surface area contributed by atoms with Crippen LogP contribution in [-0.4, -0.2) is 20.4 Å². The molecule has 0 aliphatic carbocycles. The van der Waals surface area contributed by atoms with Crippen molar-refractivity contribution < 1.29 is 9.66 Å². The van der Waals surface area contributed by atoms with Gasteiger partial charge in [-0.1, -0.05) is 6.07 Å². The lowest BCUT2D eigenvalue weighted by atomic mass is 10.1. The molecule has 8 heteroatoms. The van der Waals surface area contributed by atoms with Crippen LogP contribution in [0.15, 0.2) is 24.5 Å². The van der Waals surface area contributed by atoms with Gasteiger partial charge in [-0.3, -0.25) is 15.5 Å². The highest BCUT2D eigenvalue weighted by Crippen LogP contribution is 2.34. The summed E-state index contributed by atoms with van der Waals surface area (Å²) >= 11 is 0. The average Bonchev–Trinajstić information content (AvgIpc) is 2.43. The Morgan fingerprint density at radius 1 is 1.12 bits per heavy atom. The van der Waals surface area contributed by atoms with Crippen LogP contribution in [0, 0.1) is 24.0 Å². The maximum Gasteiger partial charge on any atom is 0.374 e. The second kappa shape index (κ2) is 6.79. The van der Waals surface area contributed by atoms with Crippen molar-refractivity contribution in [3.8, 4) is 11.6 Å². The topological polar surface area (TPSA) is 102 Å². The van der Waals surface area contributed by atoms with E-state index in [1.807, 2.05) is 40.7 Å². The molecule has 2 rings (SSSR count). The normalized spacial score (nSPS) is 11.2. The number of nitrogens with one attached hydrogen (secondary N) is 2. The fraction of sp³-hybridized carbons (Fsp3) is 0.375. The Labute approximate surface area is 140 Å². The molecule has 1 aromatic carbocycles. The standard InChI is InChI=1S/C16H21N5O3/c1-10-6-11(2)8-12(7-10)24-15-13(21(22)23)14(17-9-18-15)19-20-16(3,4)5/h6-9,20H,1-5H3,(H,17,18,19). The van der Waals surface area contributed by atoms with Gasteiger partial charge in [-0.2, -0.15) is 4.98 Å². The van der Waals surface area contributed by atoms with Crippen molar-refractivity contribution >= 4 is 11.5 Å². The smallest absolute Gasteiger partial charge is 0.374 e. The third-order valence-electron chi connectivity index (χ3n) is 2.94. The van der Waals surface area contributed by atoms with Crippen LogP contribution in [0.2, 0.25) is 0 Å². The quantitative estimate of drug-likeness (QED) is 0.638.